The summed E-state index contributed by atoms with van der Waals surface area (Å²) in [5, 5.41) is 2.88. The lowest BCUT2D eigenvalue weighted by Crippen LogP contribution is -2.42. The van der Waals surface area contributed by atoms with Gasteiger partial charge in [0.25, 0.3) is 5.91 Å². The van der Waals surface area contributed by atoms with Crippen molar-refractivity contribution in [3.05, 3.63) is 65.2 Å². The van der Waals surface area contributed by atoms with Crippen molar-refractivity contribution >= 4 is 39.1 Å². The molecule has 1 heterocycles. The summed E-state index contributed by atoms with van der Waals surface area (Å²) in [5.41, 5.74) is 1.08. The number of nitrogens with zero attached hydrogens (tertiary/aromatic N) is 1. The van der Waals surface area contributed by atoms with Crippen LogP contribution in [0.25, 0.3) is 0 Å². The molecule has 2 aromatic rings. The Balaban J connectivity index is 1.95. The van der Waals surface area contributed by atoms with E-state index in [1.54, 1.807) is 41.3 Å². The van der Waals surface area contributed by atoms with Gasteiger partial charge < -0.3 is 15.0 Å². The third-order valence-corrected chi connectivity index (χ3v) is 5.04. The first-order chi connectivity index (χ1) is 12.8. The van der Waals surface area contributed by atoms with Gasteiger partial charge in [-0.2, -0.15) is 0 Å². The largest absolute Gasteiger partial charge is 0.490 e. The molecule has 0 atom stereocenters. The second kappa shape index (κ2) is 7.56. The zero-order valence-corrected chi connectivity index (χ0v) is 16.9. The molecule has 5 nitrogen and oxygen atoms in total. The van der Waals surface area contributed by atoms with Gasteiger partial charge in [0.15, 0.2) is 0 Å². The molecular formula is C21H21BrN2O3. The van der Waals surface area contributed by atoms with Crippen molar-refractivity contribution in [2.24, 2.45) is 5.41 Å². The van der Waals surface area contributed by atoms with Crippen LogP contribution in [0.3, 0.4) is 0 Å². The number of rotatable bonds is 4. The monoisotopic (exact) mass is 428 g/mol. The predicted molar refractivity (Wildman–Crippen MR) is 110 cm³/mol. The van der Waals surface area contributed by atoms with Gasteiger partial charge in [-0.15, -0.1) is 6.58 Å². The maximum atomic E-state index is 12.9. The summed E-state index contributed by atoms with van der Waals surface area (Å²) in [6.45, 7) is 8.11. The van der Waals surface area contributed by atoms with Gasteiger partial charge in [0.2, 0.25) is 5.91 Å². The van der Waals surface area contributed by atoms with Crippen LogP contribution in [-0.2, 0) is 4.79 Å². The molecule has 0 fully saturated rings. The van der Waals surface area contributed by atoms with Gasteiger partial charge in [-0.1, -0.05) is 18.2 Å². The van der Waals surface area contributed by atoms with Crippen molar-refractivity contribution in [3.63, 3.8) is 0 Å². The van der Waals surface area contributed by atoms with Crippen LogP contribution in [0.1, 0.15) is 24.2 Å². The molecule has 1 aliphatic heterocycles. The third-order valence-electron chi connectivity index (χ3n) is 4.35. The normalized spacial score (nSPS) is 15.4. The molecule has 0 radical (unpaired) electrons. The van der Waals surface area contributed by atoms with Gasteiger partial charge in [0.1, 0.15) is 12.4 Å². The molecule has 1 N–H and O–H groups in total. The van der Waals surface area contributed by atoms with Crippen molar-refractivity contribution < 1.29 is 14.3 Å². The first kappa shape index (κ1) is 19.2. The number of benzene rings is 2. The molecule has 0 aromatic heterocycles. The molecule has 2 aromatic carbocycles. The third kappa shape index (κ3) is 3.90. The van der Waals surface area contributed by atoms with Crippen LogP contribution in [0, 0.1) is 5.41 Å². The van der Waals surface area contributed by atoms with Crippen molar-refractivity contribution in [1.82, 2.24) is 0 Å². The molecule has 0 saturated heterocycles. The smallest absolute Gasteiger partial charge is 0.256 e. The molecule has 6 heteroatoms. The average Bonchev–Trinajstić information content (AvgIpc) is 2.72. The number of carbonyl (C=O) groups is 2. The number of amides is 2. The minimum Gasteiger partial charge on any atom is -0.490 e. The van der Waals surface area contributed by atoms with Gasteiger partial charge in [0, 0.05) is 16.7 Å². The van der Waals surface area contributed by atoms with Gasteiger partial charge >= 0.3 is 0 Å². The Labute approximate surface area is 167 Å². The molecule has 2 amide bonds. The highest BCUT2D eigenvalue weighted by Gasteiger charge is 2.37. The van der Waals surface area contributed by atoms with E-state index in [9.17, 15) is 9.59 Å². The predicted octanol–water partition coefficient (Wildman–Crippen LogP) is 4.64. The lowest BCUT2D eigenvalue weighted by Gasteiger charge is -2.27. The molecule has 0 bridgehead atoms. The summed E-state index contributed by atoms with van der Waals surface area (Å²) in [4.78, 5) is 27.1. The SMILES string of the molecule is C=CCN1C(=O)C(C)(C)COc2ccc(NC(=O)c3ccccc3Br)cc21. The summed E-state index contributed by atoms with van der Waals surface area (Å²) in [5.74, 6) is 0.323. The fourth-order valence-electron chi connectivity index (χ4n) is 2.88. The standard InChI is InChI=1S/C21H21BrN2O3/c1-4-11-24-17-12-14(23-19(25)15-7-5-6-8-16(15)22)9-10-18(17)27-13-21(2,3)20(24)26/h4-10,12H,1,11,13H2,2-3H3,(H,23,25). The lowest BCUT2D eigenvalue weighted by atomic mass is 9.93. The number of nitrogens with one attached hydrogen (secondary N) is 1. The van der Waals surface area contributed by atoms with Crippen molar-refractivity contribution in [1.29, 1.82) is 0 Å². The van der Waals surface area contributed by atoms with E-state index in [4.69, 9.17) is 4.74 Å². The Kier molecular flexibility index (Phi) is 5.37. The van der Waals surface area contributed by atoms with Crippen LogP contribution < -0.4 is 15.0 Å². The van der Waals surface area contributed by atoms with Crippen molar-refractivity contribution in [2.75, 3.05) is 23.4 Å². The molecule has 1 aliphatic rings. The summed E-state index contributed by atoms with van der Waals surface area (Å²) in [6, 6.07) is 12.5. The molecule has 0 aliphatic carbocycles. The van der Waals surface area contributed by atoms with Crippen LogP contribution >= 0.6 is 15.9 Å². The summed E-state index contributed by atoms with van der Waals surface area (Å²) in [7, 11) is 0. The van der Waals surface area contributed by atoms with Gasteiger partial charge in [-0.05, 0) is 60.1 Å². The maximum Gasteiger partial charge on any atom is 0.256 e. The fourth-order valence-corrected chi connectivity index (χ4v) is 3.34. The number of carbonyl (C=O) groups excluding carboxylic acids is 2. The van der Waals surface area contributed by atoms with Gasteiger partial charge in [-0.3, -0.25) is 9.59 Å². The maximum absolute atomic E-state index is 12.9. The second-order valence-electron chi connectivity index (χ2n) is 6.99. The molecule has 27 heavy (non-hydrogen) atoms. The van der Waals surface area contributed by atoms with Gasteiger partial charge in [-0.25, -0.2) is 0 Å². The summed E-state index contributed by atoms with van der Waals surface area (Å²) in [6.07, 6.45) is 1.68. The topological polar surface area (TPSA) is 58.6 Å². The Morgan fingerprint density at radius 1 is 1.33 bits per heavy atom. The molecule has 140 valence electrons. The van der Waals surface area contributed by atoms with E-state index >= 15 is 0 Å². The number of hydrogen-bond donors (Lipinski definition) is 1. The summed E-state index contributed by atoms with van der Waals surface area (Å²) < 4.78 is 6.57. The number of hydrogen-bond acceptors (Lipinski definition) is 3. The zero-order valence-electron chi connectivity index (χ0n) is 15.3. The van der Waals surface area contributed by atoms with Crippen molar-refractivity contribution in [2.45, 2.75) is 13.8 Å². The second-order valence-corrected chi connectivity index (χ2v) is 7.85. The molecule has 0 unspecified atom stereocenters. The van der Waals surface area contributed by atoms with E-state index < -0.39 is 5.41 Å². The van der Waals surface area contributed by atoms with Crippen LogP contribution in [0.5, 0.6) is 5.75 Å². The summed E-state index contributed by atoms with van der Waals surface area (Å²) >= 11 is 3.39. The van der Waals surface area contributed by atoms with E-state index in [0.717, 1.165) is 0 Å². The molecular weight excluding hydrogens is 408 g/mol. The van der Waals surface area contributed by atoms with Crippen LogP contribution in [-0.4, -0.2) is 25.0 Å². The highest BCUT2D eigenvalue weighted by Crippen LogP contribution is 2.38. The van der Waals surface area contributed by atoms with E-state index in [-0.39, 0.29) is 18.4 Å². The van der Waals surface area contributed by atoms with Crippen LogP contribution in [0.2, 0.25) is 0 Å². The quantitative estimate of drug-likeness (QED) is 0.721. The number of ether oxygens (including phenoxy) is 1. The number of halogens is 1. The zero-order chi connectivity index (χ0) is 19.6. The Morgan fingerprint density at radius 3 is 2.78 bits per heavy atom. The number of anilines is 2. The minimum absolute atomic E-state index is 0.0459. The van der Waals surface area contributed by atoms with Gasteiger partial charge in [0.05, 0.1) is 16.7 Å². The van der Waals surface area contributed by atoms with E-state index in [1.165, 1.54) is 0 Å². The lowest BCUT2D eigenvalue weighted by molar-refractivity contribution is -0.127. The highest BCUT2D eigenvalue weighted by atomic mass is 79.9. The average molecular weight is 429 g/mol. The Hall–Kier alpha value is -2.60. The Bertz CT molecular complexity index is 908. The Morgan fingerprint density at radius 2 is 2.07 bits per heavy atom. The van der Waals surface area contributed by atoms with E-state index in [0.29, 0.717) is 33.7 Å². The fraction of sp³-hybridized carbons (Fsp3) is 0.238. The highest BCUT2D eigenvalue weighted by molar-refractivity contribution is 9.10. The molecule has 0 spiro atoms. The molecule has 3 rings (SSSR count). The number of fused-ring (bicyclic) bond motifs is 1. The molecule has 0 saturated carbocycles. The van der Waals surface area contributed by atoms with E-state index in [2.05, 4.69) is 27.8 Å². The van der Waals surface area contributed by atoms with E-state index in [1.807, 2.05) is 26.0 Å². The minimum atomic E-state index is -0.652. The van der Waals surface area contributed by atoms with Crippen LogP contribution in [0.15, 0.2) is 59.6 Å². The van der Waals surface area contributed by atoms with Crippen molar-refractivity contribution in [3.8, 4) is 5.75 Å². The first-order valence-corrected chi connectivity index (χ1v) is 9.38. The first-order valence-electron chi connectivity index (χ1n) is 8.59. The van der Waals surface area contributed by atoms with Crippen LogP contribution in [0.4, 0.5) is 11.4 Å².